The van der Waals surface area contributed by atoms with E-state index in [0.717, 1.165) is 5.56 Å². The van der Waals surface area contributed by atoms with E-state index in [-0.39, 0.29) is 11.7 Å². The summed E-state index contributed by atoms with van der Waals surface area (Å²) in [6, 6.07) is 12.9. The molecule has 0 spiro atoms. The summed E-state index contributed by atoms with van der Waals surface area (Å²) in [5, 5.41) is 13.3. The van der Waals surface area contributed by atoms with Crippen molar-refractivity contribution < 1.29 is 19.4 Å². The van der Waals surface area contributed by atoms with Crippen LogP contribution in [0.4, 0.5) is 10.6 Å². The molecule has 0 aliphatic carbocycles. The van der Waals surface area contributed by atoms with Gasteiger partial charge in [0.2, 0.25) is 5.28 Å². The number of carboxylic acids is 1. The second kappa shape index (κ2) is 8.74. The molecule has 1 aromatic heterocycles. The quantitative estimate of drug-likeness (QED) is 0.595. The Morgan fingerprint density at radius 1 is 1.14 bits per heavy atom. The monoisotopic (exact) mass is 414 g/mol. The van der Waals surface area contributed by atoms with Gasteiger partial charge >= 0.3 is 12.1 Å². The van der Waals surface area contributed by atoms with Crippen molar-refractivity contribution in [2.24, 2.45) is 0 Å². The molecule has 0 saturated carbocycles. The van der Waals surface area contributed by atoms with Gasteiger partial charge in [0.05, 0.1) is 5.52 Å². The number of para-hydroxylation sites is 1. The van der Waals surface area contributed by atoms with E-state index in [9.17, 15) is 14.7 Å². The summed E-state index contributed by atoms with van der Waals surface area (Å²) >= 11 is 5.97. The van der Waals surface area contributed by atoms with E-state index in [2.05, 4.69) is 15.3 Å². The van der Waals surface area contributed by atoms with E-state index in [4.69, 9.17) is 16.3 Å². The molecule has 0 aliphatic rings. The highest BCUT2D eigenvalue weighted by molar-refractivity contribution is 6.28. The van der Waals surface area contributed by atoms with Gasteiger partial charge in [0, 0.05) is 25.9 Å². The van der Waals surface area contributed by atoms with Gasteiger partial charge in [-0.05, 0) is 41.4 Å². The van der Waals surface area contributed by atoms with Gasteiger partial charge in [0.25, 0.3) is 0 Å². The standard InChI is InChI=1S/C20H19ClN4O4/c1-25(2)20(28)29-13-9-7-12(8-10-13)11-16(18(26)27)22-17-14-5-3-4-6-15(14)23-19(21)24-17/h3-10,16H,11H2,1-2H3,(H,26,27)(H,22,23,24)/t16-/m0/s1. The zero-order chi connectivity index (χ0) is 21.0. The predicted octanol–water partition coefficient (Wildman–Crippen LogP) is 3.45. The topological polar surface area (TPSA) is 105 Å². The minimum Gasteiger partial charge on any atom is -0.480 e. The second-order valence-electron chi connectivity index (χ2n) is 6.50. The Morgan fingerprint density at radius 2 is 1.83 bits per heavy atom. The van der Waals surface area contributed by atoms with E-state index in [1.54, 1.807) is 50.5 Å². The molecular formula is C20H19ClN4O4. The molecule has 1 heterocycles. The normalized spacial score (nSPS) is 11.7. The smallest absolute Gasteiger partial charge is 0.414 e. The third-order valence-electron chi connectivity index (χ3n) is 4.12. The van der Waals surface area contributed by atoms with Crippen molar-refractivity contribution in [1.29, 1.82) is 0 Å². The van der Waals surface area contributed by atoms with Crippen molar-refractivity contribution in [1.82, 2.24) is 14.9 Å². The number of hydrogen-bond acceptors (Lipinski definition) is 6. The lowest BCUT2D eigenvalue weighted by Gasteiger charge is -2.17. The van der Waals surface area contributed by atoms with Gasteiger partial charge in [-0.3, -0.25) is 0 Å². The first-order valence-electron chi connectivity index (χ1n) is 8.73. The van der Waals surface area contributed by atoms with Crippen molar-refractivity contribution in [3.63, 3.8) is 0 Å². The van der Waals surface area contributed by atoms with Gasteiger partial charge in [-0.2, -0.15) is 0 Å². The molecule has 3 rings (SSSR count). The highest BCUT2D eigenvalue weighted by atomic mass is 35.5. The molecule has 2 aromatic carbocycles. The van der Waals surface area contributed by atoms with Crippen LogP contribution in [0.3, 0.4) is 0 Å². The maximum Gasteiger partial charge on any atom is 0.414 e. The molecule has 1 atom stereocenters. The number of rotatable bonds is 6. The number of ether oxygens (including phenoxy) is 1. The molecule has 29 heavy (non-hydrogen) atoms. The predicted molar refractivity (Wildman–Crippen MR) is 109 cm³/mol. The number of benzene rings is 2. The summed E-state index contributed by atoms with van der Waals surface area (Å²) in [6.07, 6.45) is -0.303. The van der Waals surface area contributed by atoms with E-state index in [1.165, 1.54) is 4.90 Å². The molecule has 150 valence electrons. The molecule has 9 heteroatoms. The Bertz CT molecular complexity index is 1040. The number of fused-ring (bicyclic) bond motifs is 1. The molecule has 0 saturated heterocycles. The van der Waals surface area contributed by atoms with Gasteiger partial charge in [-0.1, -0.05) is 24.3 Å². The first-order chi connectivity index (χ1) is 13.8. The van der Waals surface area contributed by atoms with E-state index >= 15 is 0 Å². The number of nitrogens with zero attached hydrogens (tertiary/aromatic N) is 3. The van der Waals surface area contributed by atoms with Crippen molar-refractivity contribution in [3.8, 4) is 5.75 Å². The van der Waals surface area contributed by atoms with Gasteiger partial charge in [-0.25, -0.2) is 19.6 Å². The highest BCUT2D eigenvalue weighted by Crippen LogP contribution is 2.23. The van der Waals surface area contributed by atoms with Crippen LogP contribution < -0.4 is 10.1 Å². The molecule has 0 radical (unpaired) electrons. The first-order valence-corrected chi connectivity index (χ1v) is 9.11. The zero-order valence-electron chi connectivity index (χ0n) is 15.8. The van der Waals surface area contributed by atoms with Gasteiger partial charge < -0.3 is 20.1 Å². The molecule has 0 bridgehead atoms. The van der Waals surface area contributed by atoms with Crippen LogP contribution in [0.15, 0.2) is 48.5 Å². The summed E-state index contributed by atoms with van der Waals surface area (Å²) in [5.74, 6) is -0.308. The lowest BCUT2D eigenvalue weighted by atomic mass is 10.1. The number of hydrogen-bond donors (Lipinski definition) is 2. The zero-order valence-corrected chi connectivity index (χ0v) is 16.6. The summed E-state index contributed by atoms with van der Waals surface area (Å²) in [4.78, 5) is 33.0. The fourth-order valence-corrected chi connectivity index (χ4v) is 2.82. The Morgan fingerprint density at radius 3 is 2.48 bits per heavy atom. The van der Waals surface area contributed by atoms with Crippen molar-refractivity contribution in [2.45, 2.75) is 12.5 Å². The SMILES string of the molecule is CN(C)C(=O)Oc1ccc(C[C@H](Nc2nc(Cl)nc3ccccc23)C(=O)O)cc1. The maximum absolute atomic E-state index is 11.8. The highest BCUT2D eigenvalue weighted by Gasteiger charge is 2.20. The van der Waals surface area contributed by atoms with Gasteiger partial charge in [-0.15, -0.1) is 0 Å². The Balaban J connectivity index is 1.78. The summed E-state index contributed by atoms with van der Waals surface area (Å²) < 4.78 is 5.16. The van der Waals surface area contributed by atoms with Crippen LogP contribution in [-0.2, 0) is 11.2 Å². The summed E-state index contributed by atoms with van der Waals surface area (Å²) in [7, 11) is 3.17. The minimum absolute atomic E-state index is 0.0300. The number of amides is 1. The lowest BCUT2D eigenvalue weighted by molar-refractivity contribution is -0.137. The number of aromatic nitrogens is 2. The van der Waals surface area contributed by atoms with Crippen molar-refractivity contribution in [3.05, 3.63) is 59.4 Å². The number of halogens is 1. The van der Waals surface area contributed by atoms with Gasteiger partial charge in [0.15, 0.2) is 0 Å². The van der Waals surface area contributed by atoms with Crippen LogP contribution in [-0.4, -0.2) is 52.2 Å². The van der Waals surface area contributed by atoms with Crippen molar-refractivity contribution in [2.75, 3.05) is 19.4 Å². The third kappa shape index (κ3) is 5.11. The number of carbonyl (C=O) groups excluding carboxylic acids is 1. The average Bonchev–Trinajstić information content (AvgIpc) is 2.68. The maximum atomic E-state index is 11.8. The van der Waals surface area contributed by atoms with E-state index < -0.39 is 18.1 Å². The average molecular weight is 415 g/mol. The largest absolute Gasteiger partial charge is 0.480 e. The molecule has 0 aliphatic heterocycles. The van der Waals surface area contributed by atoms with Crippen molar-refractivity contribution >= 4 is 40.4 Å². The minimum atomic E-state index is -1.04. The number of aliphatic carboxylic acids is 1. The molecule has 2 N–H and O–H groups in total. The van der Waals surface area contributed by atoms with Crippen LogP contribution >= 0.6 is 11.6 Å². The Kier molecular flexibility index (Phi) is 6.13. The summed E-state index contributed by atoms with van der Waals surface area (Å²) in [6.45, 7) is 0. The number of anilines is 1. The number of carbonyl (C=O) groups is 2. The second-order valence-corrected chi connectivity index (χ2v) is 6.84. The molecule has 0 unspecified atom stereocenters. The Hall–Kier alpha value is -3.39. The Labute approximate surface area is 172 Å². The summed E-state index contributed by atoms with van der Waals surface area (Å²) in [5.41, 5.74) is 1.37. The molecular weight excluding hydrogens is 396 g/mol. The van der Waals surface area contributed by atoms with E-state index in [0.29, 0.717) is 22.5 Å². The molecule has 8 nitrogen and oxygen atoms in total. The van der Waals surface area contributed by atoms with Crippen LogP contribution in [0.5, 0.6) is 5.75 Å². The van der Waals surface area contributed by atoms with Crippen LogP contribution in [0.2, 0.25) is 5.28 Å². The number of nitrogens with one attached hydrogen (secondary N) is 1. The van der Waals surface area contributed by atoms with Crippen LogP contribution in [0, 0.1) is 0 Å². The van der Waals surface area contributed by atoms with Crippen LogP contribution in [0.25, 0.3) is 10.9 Å². The number of carboxylic acid groups (broad SMARTS) is 1. The fraction of sp³-hybridized carbons (Fsp3) is 0.200. The molecule has 0 fully saturated rings. The first kappa shape index (κ1) is 20.3. The van der Waals surface area contributed by atoms with E-state index in [1.807, 2.05) is 12.1 Å². The molecule has 1 amide bonds. The lowest BCUT2D eigenvalue weighted by Crippen LogP contribution is -2.32. The van der Waals surface area contributed by atoms with Gasteiger partial charge in [0.1, 0.15) is 17.6 Å². The van der Waals surface area contributed by atoms with Crippen LogP contribution in [0.1, 0.15) is 5.56 Å². The molecule has 3 aromatic rings. The third-order valence-corrected chi connectivity index (χ3v) is 4.29. The fourth-order valence-electron chi connectivity index (χ4n) is 2.64.